The largest absolute Gasteiger partial charge is 0.495 e. The van der Waals surface area contributed by atoms with E-state index in [0.29, 0.717) is 16.5 Å². The Morgan fingerprint density at radius 3 is 2.72 bits per heavy atom. The van der Waals surface area contributed by atoms with Gasteiger partial charge in [-0.15, -0.1) is 0 Å². The van der Waals surface area contributed by atoms with Crippen molar-refractivity contribution in [3.05, 3.63) is 58.6 Å². The summed E-state index contributed by atoms with van der Waals surface area (Å²) in [5.74, 6) is 0.185. The van der Waals surface area contributed by atoms with Crippen LogP contribution in [-0.4, -0.2) is 44.0 Å². The van der Waals surface area contributed by atoms with Crippen molar-refractivity contribution < 1.29 is 14.3 Å². The number of benzene rings is 2. The monoisotopic (exact) mass is 415 g/mol. The van der Waals surface area contributed by atoms with E-state index < -0.39 is 0 Å². The number of fused-ring (bicyclic) bond motifs is 1. The van der Waals surface area contributed by atoms with Crippen molar-refractivity contribution in [1.29, 1.82) is 0 Å². The quantitative estimate of drug-likeness (QED) is 0.727. The van der Waals surface area contributed by atoms with Crippen LogP contribution in [0.25, 0.3) is 0 Å². The van der Waals surface area contributed by atoms with Crippen molar-refractivity contribution >= 4 is 29.1 Å². The van der Waals surface area contributed by atoms with Gasteiger partial charge in [0.2, 0.25) is 11.8 Å². The molecule has 0 fully saturated rings. The number of halogens is 1. The molecule has 3 rings (SSSR count). The number of hydrogen-bond donors (Lipinski definition) is 2. The summed E-state index contributed by atoms with van der Waals surface area (Å²) < 4.78 is 5.23. The van der Waals surface area contributed by atoms with E-state index in [2.05, 4.69) is 22.8 Å². The maximum atomic E-state index is 12.5. The maximum absolute atomic E-state index is 12.5. The predicted octanol–water partition coefficient (Wildman–Crippen LogP) is 3.41. The Morgan fingerprint density at radius 2 is 1.93 bits per heavy atom. The standard InChI is InChI=1S/C22H26ClN3O3/c1-26(14-22(28)25-19-12-16(23)10-11-20(19)29-2)13-21(27)24-18-9-5-7-15-6-3-4-8-17(15)18/h3-4,6,8,10-12,18H,5,7,9,13-14H2,1-2H3,(H,24,27)(H,25,28)/t18-/m0/s1. The van der Waals surface area contributed by atoms with E-state index in [0.717, 1.165) is 19.3 Å². The second-order valence-electron chi connectivity index (χ2n) is 7.28. The summed E-state index contributed by atoms with van der Waals surface area (Å²) >= 11 is 5.99. The molecule has 154 valence electrons. The first-order valence-corrected chi connectivity index (χ1v) is 10.0. The number of carbonyl (C=O) groups is 2. The Bertz CT molecular complexity index is 887. The zero-order valence-electron chi connectivity index (χ0n) is 16.7. The first-order chi connectivity index (χ1) is 14.0. The molecule has 0 saturated heterocycles. The third kappa shape index (κ3) is 5.71. The van der Waals surface area contributed by atoms with E-state index >= 15 is 0 Å². The fourth-order valence-electron chi connectivity index (χ4n) is 3.66. The number of anilines is 1. The smallest absolute Gasteiger partial charge is 0.238 e. The topological polar surface area (TPSA) is 70.7 Å². The molecule has 6 nitrogen and oxygen atoms in total. The number of amides is 2. The van der Waals surface area contributed by atoms with Crippen LogP contribution in [0.5, 0.6) is 5.75 Å². The van der Waals surface area contributed by atoms with E-state index in [4.69, 9.17) is 16.3 Å². The Balaban J connectivity index is 1.52. The van der Waals surface area contributed by atoms with Gasteiger partial charge in [-0.25, -0.2) is 0 Å². The Labute approximate surface area is 176 Å². The highest BCUT2D eigenvalue weighted by molar-refractivity contribution is 6.31. The van der Waals surface area contributed by atoms with Gasteiger partial charge in [0.15, 0.2) is 0 Å². The minimum absolute atomic E-state index is 0.0328. The Kier molecular flexibility index (Phi) is 7.12. The molecule has 0 bridgehead atoms. The number of nitrogens with zero attached hydrogens (tertiary/aromatic N) is 1. The van der Waals surface area contributed by atoms with Crippen LogP contribution in [-0.2, 0) is 16.0 Å². The summed E-state index contributed by atoms with van der Waals surface area (Å²) in [7, 11) is 3.27. The van der Waals surface area contributed by atoms with Crippen LogP contribution in [0.4, 0.5) is 5.69 Å². The van der Waals surface area contributed by atoms with Crippen LogP contribution in [0.2, 0.25) is 5.02 Å². The molecule has 2 amide bonds. The summed E-state index contributed by atoms with van der Waals surface area (Å²) in [5, 5.41) is 6.39. The van der Waals surface area contributed by atoms with E-state index in [-0.39, 0.29) is 30.9 Å². The molecule has 29 heavy (non-hydrogen) atoms. The lowest BCUT2D eigenvalue weighted by Gasteiger charge is -2.27. The summed E-state index contributed by atoms with van der Waals surface area (Å²) in [6.45, 7) is 0.211. The molecule has 1 atom stereocenters. The molecule has 1 aliphatic rings. The van der Waals surface area contributed by atoms with Crippen LogP contribution >= 0.6 is 11.6 Å². The molecule has 0 unspecified atom stereocenters. The van der Waals surface area contributed by atoms with Crippen LogP contribution in [0.1, 0.15) is 30.0 Å². The van der Waals surface area contributed by atoms with Gasteiger partial charge in [-0.3, -0.25) is 14.5 Å². The first-order valence-electron chi connectivity index (χ1n) is 9.65. The molecule has 0 spiro atoms. The average Bonchev–Trinajstić information content (AvgIpc) is 2.68. The first kappa shape index (κ1) is 21.1. The van der Waals surface area contributed by atoms with Gasteiger partial charge in [0.25, 0.3) is 0 Å². The average molecular weight is 416 g/mol. The summed E-state index contributed by atoms with van der Waals surface area (Å²) in [6.07, 6.45) is 3.04. The van der Waals surface area contributed by atoms with Gasteiger partial charge in [0.05, 0.1) is 31.9 Å². The van der Waals surface area contributed by atoms with Gasteiger partial charge in [-0.05, 0) is 55.6 Å². The van der Waals surface area contributed by atoms with Gasteiger partial charge in [0, 0.05) is 5.02 Å². The fourth-order valence-corrected chi connectivity index (χ4v) is 3.83. The Morgan fingerprint density at radius 1 is 1.17 bits per heavy atom. The molecule has 2 aromatic rings. The van der Waals surface area contributed by atoms with E-state index in [9.17, 15) is 9.59 Å². The molecular weight excluding hydrogens is 390 g/mol. The van der Waals surface area contributed by atoms with Crippen molar-refractivity contribution in [3.8, 4) is 5.75 Å². The molecule has 2 aromatic carbocycles. The zero-order valence-corrected chi connectivity index (χ0v) is 17.5. The number of likely N-dealkylation sites (N-methyl/N-ethyl adjacent to an activating group) is 1. The summed E-state index contributed by atoms with van der Waals surface area (Å²) in [5.41, 5.74) is 2.99. The van der Waals surface area contributed by atoms with Crippen molar-refractivity contribution in [1.82, 2.24) is 10.2 Å². The molecule has 1 aliphatic carbocycles. The molecule has 0 aromatic heterocycles. The van der Waals surface area contributed by atoms with Gasteiger partial charge in [-0.2, -0.15) is 0 Å². The normalized spacial score (nSPS) is 15.5. The maximum Gasteiger partial charge on any atom is 0.238 e. The number of hydrogen-bond acceptors (Lipinski definition) is 4. The Hall–Kier alpha value is -2.57. The van der Waals surface area contributed by atoms with Gasteiger partial charge in [-0.1, -0.05) is 35.9 Å². The van der Waals surface area contributed by atoms with Crippen molar-refractivity contribution in [2.24, 2.45) is 0 Å². The van der Waals surface area contributed by atoms with Gasteiger partial charge < -0.3 is 15.4 Å². The van der Waals surface area contributed by atoms with Crippen molar-refractivity contribution in [2.45, 2.75) is 25.3 Å². The molecular formula is C22H26ClN3O3. The highest BCUT2D eigenvalue weighted by Gasteiger charge is 2.22. The number of aryl methyl sites for hydroxylation is 1. The van der Waals surface area contributed by atoms with Crippen molar-refractivity contribution in [3.63, 3.8) is 0 Å². The second-order valence-corrected chi connectivity index (χ2v) is 7.71. The number of ether oxygens (including phenoxy) is 1. The summed E-state index contributed by atoms with van der Waals surface area (Å²) in [6, 6.07) is 13.3. The lowest BCUT2D eigenvalue weighted by atomic mass is 9.88. The SMILES string of the molecule is COc1ccc(Cl)cc1NC(=O)CN(C)CC(=O)N[C@H]1CCCc2ccccc21. The second kappa shape index (κ2) is 9.76. The van der Waals surface area contributed by atoms with Crippen LogP contribution in [0.3, 0.4) is 0 Å². The molecule has 7 heteroatoms. The third-order valence-corrected chi connectivity index (χ3v) is 5.20. The van der Waals surface area contributed by atoms with Crippen LogP contribution < -0.4 is 15.4 Å². The van der Waals surface area contributed by atoms with E-state index in [1.54, 1.807) is 30.1 Å². The molecule has 0 radical (unpaired) electrons. The van der Waals surface area contributed by atoms with E-state index in [1.165, 1.54) is 18.2 Å². The number of rotatable bonds is 7. The highest BCUT2D eigenvalue weighted by atomic mass is 35.5. The zero-order chi connectivity index (χ0) is 20.8. The molecule has 0 heterocycles. The van der Waals surface area contributed by atoms with Crippen molar-refractivity contribution in [2.75, 3.05) is 32.6 Å². The third-order valence-electron chi connectivity index (χ3n) is 4.97. The minimum Gasteiger partial charge on any atom is -0.495 e. The van der Waals surface area contributed by atoms with E-state index in [1.807, 2.05) is 12.1 Å². The molecule has 2 N–H and O–H groups in total. The highest BCUT2D eigenvalue weighted by Crippen LogP contribution is 2.29. The number of nitrogens with one attached hydrogen (secondary N) is 2. The molecule has 0 aliphatic heterocycles. The predicted molar refractivity (Wildman–Crippen MR) is 114 cm³/mol. The summed E-state index contributed by atoms with van der Waals surface area (Å²) in [4.78, 5) is 26.5. The fraction of sp³-hybridized carbons (Fsp3) is 0.364. The van der Waals surface area contributed by atoms with Crippen LogP contribution in [0.15, 0.2) is 42.5 Å². The minimum atomic E-state index is -0.246. The lowest BCUT2D eigenvalue weighted by molar-refractivity contribution is -0.123. The number of methoxy groups -OCH3 is 1. The number of carbonyl (C=O) groups excluding carboxylic acids is 2. The lowest BCUT2D eigenvalue weighted by Crippen LogP contribution is -2.40. The molecule has 0 saturated carbocycles. The van der Waals surface area contributed by atoms with Gasteiger partial charge >= 0.3 is 0 Å². The van der Waals surface area contributed by atoms with Gasteiger partial charge in [0.1, 0.15) is 5.75 Å². The van der Waals surface area contributed by atoms with Crippen LogP contribution in [0, 0.1) is 0 Å².